The predicted octanol–water partition coefficient (Wildman–Crippen LogP) is 3.97. The molecule has 3 nitrogen and oxygen atoms in total. The maximum atomic E-state index is 12.9. The number of aryl methyl sites for hydroxylation is 1. The number of carbonyl (C=O) groups excluding carboxylic acids is 1. The zero-order chi connectivity index (χ0) is 17.5. The van der Waals surface area contributed by atoms with E-state index in [2.05, 4.69) is 12.1 Å². The molecule has 0 aromatic heterocycles. The molecule has 1 unspecified atom stereocenters. The van der Waals surface area contributed by atoms with Crippen molar-refractivity contribution in [1.82, 2.24) is 4.90 Å². The molecule has 1 aliphatic rings. The van der Waals surface area contributed by atoms with Gasteiger partial charge in [-0.1, -0.05) is 42.5 Å². The minimum Gasteiger partial charge on any atom is -0.372 e. The van der Waals surface area contributed by atoms with E-state index in [1.165, 1.54) is 17.7 Å². The number of nitrogens with zero attached hydrogens (tertiary/aromatic N) is 1. The van der Waals surface area contributed by atoms with E-state index in [0.29, 0.717) is 19.6 Å². The van der Waals surface area contributed by atoms with E-state index in [1.807, 2.05) is 23.1 Å². The monoisotopic (exact) mass is 341 g/mol. The Labute approximate surface area is 148 Å². The number of amides is 1. The molecule has 0 spiro atoms. The third-order valence-electron chi connectivity index (χ3n) is 4.60. The first-order chi connectivity index (χ1) is 12.2. The van der Waals surface area contributed by atoms with Crippen molar-refractivity contribution >= 4 is 5.91 Å². The highest BCUT2D eigenvalue weighted by Gasteiger charge is 2.23. The van der Waals surface area contributed by atoms with Crippen molar-refractivity contribution in [1.29, 1.82) is 0 Å². The highest BCUT2D eigenvalue weighted by atomic mass is 19.1. The smallest absolute Gasteiger partial charge is 0.222 e. The van der Waals surface area contributed by atoms with Crippen LogP contribution < -0.4 is 0 Å². The Hall–Kier alpha value is -2.20. The van der Waals surface area contributed by atoms with Gasteiger partial charge in [-0.25, -0.2) is 4.39 Å². The third kappa shape index (κ3) is 5.40. The van der Waals surface area contributed by atoms with Crippen LogP contribution in [0.2, 0.25) is 0 Å². The van der Waals surface area contributed by atoms with Gasteiger partial charge in [-0.2, -0.15) is 0 Å². The fourth-order valence-electron chi connectivity index (χ4n) is 3.15. The van der Waals surface area contributed by atoms with Gasteiger partial charge in [-0.15, -0.1) is 0 Å². The Morgan fingerprint density at radius 2 is 1.84 bits per heavy atom. The van der Waals surface area contributed by atoms with E-state index < -0.39 is 0 Å². The van der Waals surface area contributed by atoms with E-state index in [0.717, 1.165) is 31.4 Å². The lowest BCUT2D eigenvalue weighted by Crippen LogP contribution is -2.43. The van der Waals surface area contributed by atoms with Gasteiger partial charge in [0, 0.05) is 19.5 Å². The Morgan fingerprint density at radius 1 is 1.08 bits per heavy atom. The second-order valence-electron chi connectivity index (χ2n) is 6.53. The molecule has 1 aliphatic heterocycles. The van der Waals surface area contributed by atoms with Crippen LogP contribution in [0.25, 0.3) is 0 Å². The molecule has 2 aromatic rings. The second-order valence-corrected chi connectivity index (χ2v) is 6.53. The summed E-state index contributed by atoms with van der Waals surface area (Å²) in [6.07, 6.45) is 3.29. The summed E-state index contributed by atoms with van der Waals surface area (Å²) in [6.45, 7) is 1.91. The summed E-state index contributed by atoms with van der Waals surface area (Å²) >= 11 is 0. The zero-order valence-corrected chi connectivity index (χ0v) is 14.4. The van der Waals surface area contributed by atoms with Gasteiger partial charge in [0.15, 0.2) is 0 Å². The van der Waals surface area contributed by atoms with E-state index in [1.54, 1.807) is 12.1 Å². The van der Waals surface area contributed by atoms with Gasteiger partial charge in [0.25, 0.3) is 0 Å². The largest absolute Gasteiger partial charge is 0.372 e. The van der Waals surface area contributed by atoms with Gasteiger partial charge in [-0.3, -0.25) is 4.79 Å². The maximum Gasteiger partial charge on any atom is 0.222 e. The van der Waals surface area contributed by atoms with Crippen LogP contribution >= 0.6 is 0 Å². The molecule has 25 heavy (non-hydrogen) atoms. The molecule has 1 amide bonds. The molecule has 0 radical (unpaired) electrons. The lowest BCUT2D eigenvalue weighted by molar-refractivity contribution is -0.135. The third-order valence-corrected chi connectivity index (χ3v) is 4.60. The van der Waals surface area contributed by atoms with Crippen LogP contribution in [0.3, 0.4) is 0 Å². The molecule has 0 bridgehead atoms. The van der Waals surface area contributed by atoms with Crippen LogP contribution in [0.4, 0.5) is 4.39 Å². The lowest BCUT2D eigenvalue weighted by atomic mass is 10.1. The summed E-state index contributed by atoms with van der Waals surface area (Å²) in [5, 5.41) is 0. The van der Waals surface area contributed by atoms with Crippen molar-refractivity contribution in [2.24, 2.45) is 0 Å². The fraction of sp³-hybridized carbons (Fsp3) is 0.381. The molecule has 1 fully saturated rings. The maximum absolute atomic E-state index is 12.9. The Bertz CT molecular complexity index is 672. The highest BCUT2D eigenvalue weighted by molar-refractivity contribution is 5.76. The zero-order valence-electron chi connectivity index (χ0n) is 14.4. The first-order valence-electron chi connectivity index (χ1n) is 8.88. The number of benzene rings is 2. The van der Waals surface area contributed by atoms with Crippen LogP contribution in [-0.4, -0.2) is 30.0 Å². The van der Waals surface area contributed by atoms with Crippen LogP contribution in [0.5, 0.6) is 0 Å². The molecule has 1 atom stereocenters. The Kier molecular flexibility index (Phi) is 6.18. The number of hydrogen-bond acceptors (Lipinski definition) is 2. The molecule has 0 aliphatic carbocycles. The molecule has 0 N–H and O–H groups in total. The highest BCUT2D eigenvalue weighted by Crippen LogP contribution is 2.17. The lowest BCUT2D eigenvalue weighted by Gasteiger charge is -2.33. The van der Waals surface area contributed by atoms with E-state index in [4.69, 9.17) is 4.74 Å². The minimum atomic E-state index is -0.239. The summed E-state index contributed by atoms with van der Waals surface area (Å²) in [4.78, 5) is 14.4. The Balaban J connectivity index is 1.45. The standard InChI is InChI=1S/C21H24FNO2/c22-19-11-8-18(9-12-19)16-25-20-7-4-14-23(15-20)21(24)13-10-17-5-2-1-3-6-17/h1-3,5-6,8-9,11-12,20H,4,7,10,13-16H2. The van der Waals surface area contributed by atoms with Crippen LogP contribution in [0.15, 0.2) is 54.6 Å². The van der Waals surface area contributed by atoms with E-state index >= 15 is 0 Å². The van der Waals surface area contributed by atoms with E-state index in [9.17, 15) is 9.18 Å². The molecular weight excluding hydrogens is 317 g/mol. The van der Waals surface area contributed by atoms with E-state index in [-0.39, 0.29) is 17.8 Å². The molecule has 0 saturated carbocycles. The molecule has 3 rings (SSSR count). The van der Waals surface area contributed by atoms with Gasteiger partial charge in [-0.05, 0) is 42.5 Å². The molecule has 132 valence electrons. The second kappa shape index (κ2) is 8.77. The summed E-state index contributed by atoms with van der Waals surface area (Å²) in [5.74, 6) is -0.0458. The average molecular weight is 341 g/mol. The minimum absolute atomic E-state index is 0.0551. The number of rotatable bonds is 6. The first-order valence-corrected chi connectivity index (χ1v) is 8.88. The van der Waals surface area contributed by atoms with Crippen LogP contribution in [-0.2, 0) is 22.6 Å². The van der Waals surface area contributed by atoms with Crippen LogP contribution in [0, 0.1) is 5.82 Å². The topological polar surface area (TPSA) is 29.5 Å². The number of halogens is 1. The number of ether oxygens (including phenoxy) is 1. The summed E-state index contributed by atoms with van der Waals surface area (Å²) in [7, 11) is 0. The molecule has 4 heteroatoms. The summed E-state index contributed by atoms with van der Waals surface area (Å²) < 4.78 is 18.9. The summed E-state index contributed by atoms with van der Waals surface area (Å²) in [5.41, 5.74) is 2.14. The van der Waals surface area contributed by atoms with Gasteiger partial charge < -0.3 is 9.64 Å². The van der Waals surface area contributed by atoms with Crippen molar-refractivity contribution in [3.8, 4) is 0 Å². The van der Waals surface area contributed by atoms with Crippen molar-refractivity contribution in [3.05, 3.63) is 71.5 Å². The van der Waals surface area contributed by atoms with Gasteiger partial charge in [0.2, 0.25) is 5.91 Å². The van der Waals surface area contributed by atoms with Gasteiger partial charge >= 0.3 is 0 Å². The normalized spacial score (nSPS) is 17.5. The predicted molar refractivity (Wildman–Crippen MR) is 95.6 cm³/mol. The van der Waals surface area contributed by atoms with Gasteiger partial charge in [0.05, 0.1) is 12.7 Å². The first kappa shape index (κ1) is 17.6. The van der Waals surface area contributed by atoms with Crippen molar-refractivity contribution in [2.75, 3.05) is 13.1 Å². The molecule has 2 aromatic carbocycles. The quantitative estimate of drug-likeness (QED) is 0.796. The Morgan fingerprint density at radius 3 is 2.60 bits per heavy atom. The molecular formula is C21H24FNO2. The van der Waals surface area contributed by atoms with Gasteiger partial charge in [0.1, 0.15) is 5.82 Å². The SMILES string of the molecule is O=C(CCc1ccccc1)N1CCCC(OCc2ccc(F)cc2)C1. The molecule has 1 saturated heterocycles. The van der Waals surface area contributed by atoms with Crippen molar-refractivity contribution in [3.63, 3.8) is 0 Å². The number of carbonyl (C=O) groups is 1. The van der Waals surface area contributed by atoms with Crippen molar-refractivity contribution < 1.29 is 13.9 Å². The summed E-state index contributed by atoms with van der Waals surface area (Å²) in [6, 6.07) is 16.5. The fourth-order valence-corrected chi connectivity index (χ4v) is 3.15. The number of hydrogen-bond donors (Lipinski definition) is 0. The average Bonchev–Trinajstić information content (AvgIpc) is 2.67. The van der Waals surface area contributed by atoms with Crippen LogP contribution in [0.1, 0.15) is 30.4 Å². The number of likely N-dealkylation sites (tertiary alicyclic amines) is 1. The molecule has 1 heterocycles. The number of piperidine rings is 1. The van der Waals surface area contributed by atoms with Crippen molar-refractivity contribution in [2.45, 2.75) is 38.4 Å².